The van der Waals surface area contributed by atoms with Crippen molar-refractivity contribution in [1.82, 2.24) is 10.3 Å². The summed E-state index contributed by atoms with van der Waals surface area (Å²) in [6, 6.07) is 4.02. The molecule has 2 unspecified atom stereocenters. The van der Waals surface area contributed by atoms with Crippen molar-refractivity contribution < 1.29 is 9.53 Å². The van der Waals surface area contributed by atoms with Crippen molar-refractivity contribution in [3.63, 3.8) is 0 Å². The number of rotatable bonds is 6. The van der Waals surface area contributed by atoms with Crippen LogP contribution >= 0.6 is 24.8 Å². The third kappa shape index (κ3) is 7.21. The van der Waals surface area contributed by atoms with Crippen LogP contribution in [0, 0.1) is 0 Å². The molecule has 3 N–H and O–H groups in total. The molecule has 0 spiro atoms. The molecule has 1 aliphatic rings. The zero-order valence-corrected chi connectivity index (χ0v) is 15.9. The molecule has 2 atom stereocenters. The first-order chi connectivity index (χ1) is 10.6. The van der Waals surface area contributed by atoms with Gasteiger partial charge >= 0.3 is 0 Å². The molecule has 0 aliphatic carbocycles. The Morgan fingerprint density at radius 3 is 2.54 bits per heavy atom. The van der Waals surface area contributed by atoms with Gasteiger partial charge < -0.3 is 20.7 Å². The van der Waals surface area contributed by atoms with Crippen LogP contribution in [0.2, 0.25) is 0 Å². The number of amides is 1. The van der Waals surface area contributed by atoms with Crippen LogP contribution < -0.4 is 16.0 Å². The van der Waals surface area contributed by atoms with Crippen LogP contribution in [0.3, 0.4) is 0 Å². The van der Waals surface area contributed by atoms with Crippen molar-refractivity contribution in [3.8, 4) is 0 Å². The zero-order valence-electron chi connectivity index (χ0n) is 14.2. The lowest BCUT2D eigenvalue weighted by atomic mass is 10.2. The largest absolute Gasteiger partial charge is 0.372 e. The summed E-state index contributed by atoms with van der Waals surface area (Å²) < 4.78 is 5.73. The maximum absolute atomic E-state index is 11.6. The molecule has 0 bridgehead atoms. The highest BCUT2D eigenvalue weighted by Crippen LogP contribution is 2.18. The summed E-state index contributed by atoms with van der Waals surface area (Å²) in [6.45, 7) is 6.91. The van der Waals surface area contributed by atoms with Crippen molar-refractivity contribution in [1.29, 1.82) is 0 Å². The molecule has 0 aromatic carbocycles. The summed E-state index contributed by atoms with van der Waals surface area (Å²) in [5.74, 6) is 0.991. The summed E-state index contributed by atoms with van der Waals surface area (Å²) in [4.78, 5) is 18.3. The Kier molecular flexibility index (Phi) is 11.0. The number of carbonyl (C=O) groups excluding carboxylic acids is 1. The molecule has 0 radical (unpaired) electrons. The number of ether oxygens (including phenoxy) is 1. The lowest BCUT2D eigenvalue weighted by Gasteiger charge is -2.36. The summed E-state index contributed by atoms with van der Waals surface area (Å²) >= 11 is 0. The second-order valence-electron chi connectivity index (χ2n) is 5.86. The minimum Gasteiger partial charge on any atom is -0.372 e. The highest BCUT2D eigenvalue weighted by molar-refractivity contribution is 5.85. The summed E-state index contributed by atoms with van der Waals surface area (Å²) in [5, 5.41) is 2.88. The average Bonchev–Trinajstić information content (AvgIpc) is 2.50. The fraction of sp³-hybridized carbons (Fsp3) is 0.625. The molecule has 0 saturated carbocycles. The van der Waals surface area contributed by atoms with E-state index in [-0.39, 0.29) is 42.9 Å². The lowest BCUT2D eigenvalue weighted by Crippen LogP contribution is -2.45. The number of halogens is 2. The monoisotopic (exact) mass is 378 g/mol. The fourth-order valence-corrected chi connectivity index (χ4v) is 2.62. The summed E-state index contributed by atoms with van der Waals surface area (Å²) in [6.07, 6.45) is 3.45. The highest BCUT2D eigenvalue weighted by atomic mass is 35.5. The van der Waals surface area contributed by atoms with Crippen LogP contribution in [-0.2, 0) is 16.1 Å². The smallest absolute Gasteiger partial charge is 0.220 e. The SMILES string of the molecule is CC1CN(c2ccc(CNC(=O)CCCN)cn2)CC(C)O1.Cl.Cl. The number of anilines is 1. The van der Waals surface area contributed by atoms with Gasteiger partial charge in [-0.2, -0.15) is 0 Å². The minimum atomic E-state index is 0. The maximum Gasteiger partial charge on any atom is 0.220 e. The number of aromatic nitrogens is 1. The standard InChI is InChI=1S/C16H26N4O2.2ClH/c1-12-10-20(11-13(2)22-12)15-6-5-14(8-18-15)9-19-16(21)4-3-7-17;;/h5-6,8,12-13H,3-4,7,9-11,17H2,1-2H3,(H,19,21);2*1H. The Morgan fingerprint density at radius 2 is 2.00 bits per heavy atom. The Balaban J connectivity index is 0.00000264. The zero-order chi connectivity index (χ0) is 15.9. The fourth-order valence-electron chi connectivity index (χ4n) is 2.62. The first-order valence-corrected chi connectivity index (χ1v) is 7.90. The molecular weight excluding hydrogens is 351 g/mol. The van der Waals surface area contributed by atoms with Gasteiger partial charge in [0.05, 0.1) is 12.2 Å². The van der Waals surface area contributed by atoms with Crippen LogP contribution in [0.5, 0.6) is 0 Å². The number of hydrogen-bond acceptors (Lipinski definition) is 5. The van der Waals surface area contributed by atoms with E-state index in [2.05, 4.69) is 29.0 Å². The average molecular weight is 379 g/mol. The van der Waals surface area contributed by atoms with E-state index >= 15 is 0 Å². The molecule has 1 amide bonds. The van der Waals surface area contributed by atoms with Gasteiger partial charge in [-0.1, -0.05) is 6.07 Å². The van der Waals surface area contributed by atoms with Gasteiger partial charge in [0.2, 0.25) is 5.91 Å². The van der Waals surface area contributed by atoms with Gasteiger partial charge in [-0.05, 0) is 38.4 Å². The molecule has 6 nitrogen and oxygen atoms in total. The Labute approximate surface area is 156 Å². The van der Waals surface area contributed by atoms with Gasteiger partial charge in [0.1, 0.15) is 5.82 Å². The van der Waals surface area contributed by atoms with Crippen molar-refractivity contribution >= 4 is 36.5 Å². The highest BCUT2D eigenvalue weighted by Gasteiger charge is 2.22. The molecular formula is C16H28Cl2N4O2. The molecule has 1 fully saturated rings. The van der Waals surface area contributed by atoms with E-state index in [1.807, 2.05) is 18.3 Å². The number of morpholine rings is 1. The van der Waals surface area contributed by atoms with Crippen molar-refractivity contribution in [2.45, 2.75) is 45.4 Å². The number of pyridine rings is 1. The van der Waals surface area contributed by atoms with E-state index in [0.717, 1.165) is 30.9 Å². The van der Waals surface area contributed by atoms with Gasteiger partial charge in [0.15, 0.2) is 0 Å². The van der Waals surface area contributed by atoms with E-state index in [0.29, 0.717) is 19.5 Å². The first-order valence-electron chi connectivity index (χ1n) is 7.90. The summed E-state index contributed by atoms with van der Waals surface area (Å²) in [5.41, 5.74) is 6.39. The van der Waals surface area contributed by atoms with Gasteiger partial charge in [-0.25, -0.2) is 4.98 Å². The predicted molar refractivity (Wildman–Crippen MR) is 101 cm³/mol. The van der Waals surface area contributed by atoms with Gasteiger partial charge in [0.25, 0.3) is 0 Å². The molecule has 1 aromatic heterocycles. The molecule has 24 heavy (non-hydrogen) atoms. The van der Waals surface area contributed by atoms with Crippen molar-refractivity contribution in [2.24, 2.45) is 5.73 Å². The predicted octanol–water partition coefficient (Wildman–Crippen LogP) is 1.89. The van der Waals surface area contributed by atoms with E-state index in [9.17, 15) is 4.79 Å². The quantitative estimate of drug-likeness (QED) is 0.789. The van der Waals surface area contributed by atoms with E-state index < -0.39 is 0 Å². The molecule has 1 aromatic rings. The van der Waals surface area contributed by atoms with Crippen LogP contribution in [0.1, 0.15) is 32.3 Å². The molecule has 1 saturated heterocycles. The number of nitrogens with zero attached hydrogens (tertiary/aromatic N) is 2. The van der Waals surface area contributed by atoms with Crippen LogP contribution in [0.4, 0.5) is 5.82 Å². The summed E-state index contributed by atoms with van der Waals surface area (Å²) in [7, 11) is 0. The van der Waals surface area contributed by atoms with Crippen LogP contribution in [-0.4, -0.2) is 42.7 Å². The maximum atomic E-state index is 11.6. The first kappa shape index (κ1) is 22.9. The second kappa shape index (κ2) is 11.5. The normalized spacial score (nSPS) is 19.9. The van der Waals surface area contributed by atoms with Crippen molar-refractivity contribution in [3.05, 3.63) is 23.9 Å². The topological polar surface area (TPSA) is 80.5 Å². The Morgan fingerprint density at radius 1 is 1.33 bits per heavy atom. The number of carbonyl (C=O) groups is 1. The van der Waals surface area contributed by atoms with E-state index in [4.69, 9.17) is 10.5 Å². The Hall–Kier alpha value is -1.08. The van der Waals surface area contributed by atoms with Gasteiger partial charge in [0, 0.05) is 32.3 Å². The molecule has 8 heteroatoms. The second-order valence-corrected chi connectivity index (χ2v) is 5.86. The molecule has 2 rings (SSSR count). The third-order valence-corrected chi connectivity index (χ3v) is 3.65. The van der Waals surface area contributed by atoms with E-state index in [1.54, 1.807) is 0 Å². The third-order valence-electron chi connectivity index (χ3n) is 3.65. The van der Waals surface area contributed by atoms with Gasteiger partial charge in [-0.3, -0.25) is 4.79 Å². The lowest BCUT2D eigenvalue weighted by molar-refractivity contribution is -0.121. The van der Waals surface area contributed by atoms with Gasteiger partial charge in [-0.15, -0.1) is 24.8 Å². The molecule has 138 valence electrons. The van der Waals surface area contributed by atoms with E-state index in [1.165, 1.54) is 0 Å². The van der Waals surface area contributed by atoms with Crippen LogP contribution in [0.25, 0.3) is 0 Å². The number of hydrogen-bond donors (Lipinski definition) is 2. The Bertz CT molecular complexity index is 477. The molecule has 2 heterocycles. The van der Waals surface area contributed by atoms with Crippen LogP contribution in [0.15, 0.2) is 18.3 Å². The number of nitrogens with two attached hydrogens (primary N) is 1. The molecule has 1 aliphatic heterocycles. The number of nitrogens with one attached hydrogen (secondary N) is 1. The van der Waals surface area contributed by atoms with Crippen molar-refractivity contribution in [2.75, 3.05) is 24.5 Å². The minimum absolute atomic E-state index is 0.